The molecule has 4 rings (SSSR count). The van der Waals surface area contributed by atoms with Gasteiger partial charge in [0.2, 0.25) is 5.91 Å². The van der Waals surface area contributed by atoms with Crippen molar-refractivity contribution in [1.82, 2.24) is 20.1 Å². The van der Waals surface area contributed by atoms with E-state index in [0.717, 1.165) is 12.0 Å². The number of amides is 2. The van der Waals surface area contributed by atoms with Crippen molar-refractivity contribution in [1.29, 1.82) is 0 Å². The molecule has 1 aliphatic rings. The number of hydrogen-bond acceptors (Lipinski definition) is 6. The summed E-state index contributed by atoms with van der Waals surface area (Å²) in [5, 5.41) is 9.97. The lowest BCUT2D eigenvalue weighted by molar-refractivity contribution is -0.121. The standard InChI is InChI=1S/C23H25N5O4/c1-31-20-8-7-17(11-21(20)32-2)25-22(29)16-6-4-10-28(14-16)23(30)19-12-18(26-27-19)15-5-3-9-24-13-15/h3,5,7-9,11-13,16H,4,6,10,14H2,1-2H3,(H,25,29)(H,26,27). The summed E-state index contributed by atoms with van der Waals surface area (Å²) in [5.41, 5.74) is 2.49. The zero-order valence-electron chi connectivity index (χ0n) is 18.0. The lowest BCUT2D eigenvalue weighted by Gasteiger charge is -2.31. The number of nitrogens with one attached hydrogen (secondary N) is 2. The number of pyridine rings is 1. The Hall–Kier alpha value is -3.88. The largest absolute Gasteiger partial charge is 0.493 e. The SMILES string of the molecule is COc1ccc(NC(=O)C2CCCN(C(=O)c3cc(-c4cccnc4)n[nH]3)C2)cc1OC. The summed E-state index contributed by atoms with van der Waals surface area (Å²) in [6, 6.07) is 10.6. The highest BCUT2D eigenvalue weighted by Gasteiger charge is 2.30. The van der Waals surface area contributed by atoms with Crippen LogP contribution in [0.5, 0.6) is 11.5 Å². The Labute approximate surface area is 185 Å². The van der Waals surface area contributed by atoms with Gasteiger partial charge in [-0.1, -0.05) is 0 Å². The number of hydrogen-bond donors (Lipinski definition) is 2. The topological polar surface area (TPSA) is 109 Å². The fourth-order valence-corrected chi connectivity index (χ4v) is 3.80. The number of aromatic amines is 1. The van der Waals surface area contributed by atoms with E-state index in [2.05, 4.69) is 20.5 Å². The molecule has 0 saturated carbocycles. The summed E-state index contributed by atoms with van der Waals surface area (Å²) >= 11 is 0. The minimum Gasteiger partial charge on any atom is -0.493 e. The summed E-state index contributed by atoms with van der Waals surface area (Å²) in [4.78, 5) is 31.6. The Bertz CT molecular complexity index is 1100. The maximum absolute atomic E-state index is 13.0. The Balaban J connectivity index is 1.41. The van der Waals surface area contributed by atoms with Gasteiger partial charge in [0.05, 0.1) is 25.8 Å². The molecule has 0 spiro atoms. The Morgan fingerprint density at radius 1 is 1.16 bits per heavy atom. The van der Waals surface area contributed by atoms with Crippen LogP contribution < -0.4 is 14.8 Å². The molecule has 1 aliphatic heterocycles. The molecule has 2 aromatic heterocycles. The van der Waals surface area contributed by atoms with Gasteiger partial charge in [0.1, 0.15) is 5.69 Å². The smallest absolute Gasteiger partial charge is 0.271 e. The molecule has 1 atom stereocenters. The van der Waals surface area contributed by atoms with Crippen molar-refractivity contribution >= 4 is 17.5 Å². The van der Waals surface area contributed by atoms with Crippen molar-refractivity contribution < 1.29 is 19.1 Å². The number of carbonyl (C=O) groups excluding carboxylic acids is 2. The van der Waals surface area contributed by atoms with Gasteiger partial charge in [-0.3, -0.25) is 19.7 Å². The van der Waals surface area contributed by atoms with Gasteiger partial charge >= 0.3 is 0 Å². The summed E-state index contributed by atoms with van der Waals surface area (Å²) in [5.74, 6) is 0.521. The summed E-state index contributed by atoms with van der Waals surface area (Å²) < 4.78 is 10.5. The van der Waals surface area contributed by atoms with Crippen molar-refractivity contribution in [2.45, 2.75) is 12.8 Å². The normalized spacial score (nSPS) is 15.8. The van der Waals surface area contributed by atoms with Gasteiger partial charge in [0, 0.05) is 42.8 Å². The first-order valence-electron chi connectivity index (χ1n) is 10.4. The minimum absolute atomic E-state index is 0.129. The van der Waals surface area contributed by atoms with E-state index >= 15 is 0 Å². The molecule has 3 heterocycles. The van der Waals surface area contributed by atoms with Crippen molar-refractivity contribution in [2.75, 3.05) is 32.6 Å². The number of anilines is 1. The van der Waals surface area contributed by atoms with E-state index in [9.17, 15) is 9.59 Å². The second kappa shape index (κ2) is 9.51. The van der Waals surface area contributed by atoms with Gasteiger partial charge in [-0.2, -0.15) is 5.10 Å². The fraction of sp³-hybridized carbons (Fsp3) is 0.304. The van der Waals surface area contributed by atoms with Crippen LogP contribution >= 0.6 is 0 Å². The molecule has 9 nitrogen and oxygen atoms in total. The van der Waals surface area contributed by atoms with E-state index in [-0.39, 0.29) is 17.7 Å². The monoisotopic (exact) mass is 435 g/mol. The van der Waals surface area contributed by atoms with E-state index < -0.39 is 0 Å². The molecule has 1 aromatic carbocycles. The Morgan fingerprint density at radius 3 is 2.75 bits per heavy atom. The van der Waals surface area contributed by atoms with Gasteiger partial charge in [0.15, 0.2) is 11.5 Å². The van der Waals surface area contributed by atoms with E-state index in [1.807, 2.05) is 12.1 Å². The number of likely N-dealkylation sites (tertiary alicyclic amines) is 1. The number of aromatic nitrogens is 3. The maximum atomic E-state index is 13.0. The van der Waals surface area contributed by atoms with Crippen molar-refractivity contribution in [3.63, 3.8) is 0 Å². The van der Waals surface area contributed by atoms with Crippen LogP contribution in [0, 0.1) is 5.92 Å². The Kier molecular flexibility index (Phi) is 6.34. The van der Waals surface area contributed by atoms with Crippen molar-refractivity contribution in [3.05, 3.63) is 54.5 Å². The number of ether oxygens (including phenoxy) is 2. The van der Waals surface area contributed by atoms with Gasteiger partial charge in [-0.05, 0) is 43.2 Å². The average molecular weight is 435 g/mol. The molecular weight excluding hydrogens is 410 g/mol. The molecular formula is C23H25N5O4. The van der Waals surface area contributed by atoms with E-state index in [1.165, 1.54) is 0 Å². The molecule has 0 radical (unpaired) electrons. The second-order valence-corrected chi connectivity index (χ2v) is 7.56. The molecule has 3 aromatic rings. The van der Waals surface area contributed by atoms with E-state index in [0.29, 0.717) is 48.1 Å². The third-order valence-electron chi connectivity index (χ3n) is 5.50. The number of piperidine rings is 1. The van der Waals surface area contributed by atoms with Crippen LogP contribution in [-0.4, -0.2) is 59.2 Å². The third-order valence-corrected chi connectivity index (χ3v) is 5.50. The number of methoxy groups -OCH3 is 2. The first-order chi connectivity index (χ1) is 15.6. The van der Waals surface area contributed by atoms with Crippen LogP contribution in [0.15, 0.2) is 48.8 Å². The molecule has 1 unspecified atom stereocenters. The molecule has 32 heavy (non-hydrogen) atoms. The zero-order valence-corrected chi connectivity index (χ0v) is 18.0. The first kappa shape index (κ1) is 21.4. The van der Waals surface area contributed by atoms with E-state index in [4.69, 9.17) is 9.47 Å². The highest BCUT2D eigenvalue weighted by atomic mass is 16.5. The predicted octanol–water partition coefficient (Wildman–Crippen LogP) is 2.98. The van der Waals surface area contributed by atoms with Gasteiger partial charge in [-0.25, -0.2) is 0 Å². The molecule has 0 bridgehead atoms. The molecule has 2 amide bonds. The van der Waals surface area contributed by atoms with Crippen LogP contribution in [-0.2, 0) is 4.79 Å². The molecule has 1 saturated heterocycles. The maximum Gasteiger partial charge on any atom is 0.271 e. The third kappa shape index (κ3) is 4.56. The highest BCUT2D eigenvalue weighted by molar-refractivity contribution is 5.96. The van der Waals surface area contributed by atoms with Gasteiger partial charge < -0.3 is 19.7 Å². The molecule has 9 heteroatoms. The summed E-state index contributed by atoms with van der Waals surface area (Å²) in [6.07, 6.45) is 4.84. The van der Waals surface area contributed by atoms with Crippen molar-refractivity contribution in [2.24, 2.45) is 5.92 Å². The summed E-state index contributed by atoms with van der Waals surface area (Å²) in [7, 11) is 3.10. The number of H-pyrrole nitrogens is 1. The number of benzene rings is 1. The average Bonchev–Trinajstić information content (AvgIpc) is 3.34. The van der Waals surface area contributed by atoms with Crippen LogP contribution in [0.2, 0.25) is 0 Å². The number of rotatable bonds is 6. The fourth-order valence-electron chi connectivity index (χ4n) is 3.80. The molecule has 2 N–H and O–H groups in total. The molecule has 0 aliphatic carbocycles. The second-order valence-electron chi connectivity index (χ2n) is 7.56. The van der Waals surface area contributed by atoms with Gasteiger partial charge in [0.25, 0.3) is 5.91 Å². The minimum atomic E-state index is -0.304. The van der Waals surface area contributed by atoms with Crippen LogP contribution in [0.25, 0.3) is 11.3 Å². The van der Waals surface area contributed by atoms with Crippen LogP contribution in [0.3, 0.4) is 0 Å². The highest BCUT2D eigenvalue weighted by Crippen LogP contribution is 2.30. The lowest BCUT2D eigenvalue weighted by Crippen LogP contribution is -2.43. The lowest BCUT2D eigenvalue weighted by atomic mass is 9.96. The van der Waals surface area contributed by atoms with Crippen LogP contribution in [0.4, 0.5) is 5.69 Å². The molecule has 166 valence electrons. The van der Waals surface area contributed by atoms with Gasteiger partial charge in [-0.15, -0.1) is 0 Å². The predicted molar refractivity (Wildman–Crippen MR) is 119 cm³/mol. The first-order valence-corrected chi connectivity index (χ1v) is 10.4. The van der Waals surface area contributed by atoms with E-state index in [1.54, 1.807) is 55.8 Å². The molecule has 1 fully saturated rings. The quantitative estimate of drug-likeness (QED) is 0.616. The summed E-state index contributed by atoms with van der Waals surface area (Å²) in [6.45, 7) is 0.944. The number of carbonyl (C=O) groups is 2. The Morgan fingerprint density at radius 2 is 2.00 bits per heavy atom. The zero-order chi connectivity index (χ0) is 22.5. The number of nitrogens with zero attached hydrogens (tertiary/aromatic N) is 3. The van der Waals surface area contributed by atoms with Crippen molar-refractivity contribution in [3.8, 4) is 22.8 Å². The van der Waals surface area contributed by atoms with Crippen LogP contribution in [0.1, 0.15) is 23.3 Å².